The highest BCUT2D eigenvalue weighted by atomic mass is 16.1. The summed E-state index contributed by atoms with van der Waals surface area (Å²) in [5.41, 5.74) is 0.172. The van der Waals surface area contributed by atoms with Gasteiger partial charge in [0.1, 0.15) is 0 Å². The molecule has 2 fully saturated rings. The van der Waals surface area contributed by atoms with Gasteiger partial charge in [-0.2, -0.15) is 0 Å². The van der Waals surface area contributed by atoms with Crippen LogP contribution in [0.5, 0.6) is 0 Å². The lowest BCUT2D eigenvalue weighted by Crippen LogP contribution is -2.32. The molecule has 1 aromatic heterocycles. The molecule has 82 valence electrons. The molecule has 0 radical (unpaired) electrons. The SMILES string of the molecule is O=c1n(CC2CCCN2)ccn1C1CC1. The number of hydrogen-bond acceptors (Lipinski definition) is 2. The van der Waals surface area contributed by atoms with Crippen LogP contribution in [0.15, 0.2) is 17.2 Å². The molecule has 0 aromatic carbocycles. The molecule has 3 rings (SSSR count). The van der Waals surface area contributed by atoms with Crippen molar-refractivity contribution in [2.75, 3.05) is 6.54 Å². The van der Waals surface area contributed by atoms with Crippen LogP contribution in [0.1, 0.15) is 31.7 Å². The first-order valence-electron chi connectivity index (χ1n) is 5.85. The zero-order valence-electron chi connectivity index (χ0n) is 8.85. The molecule has 15 heavy (non-hydrogen) atoms. The van der Waals surface area contributed by atoms with Crippen molar-refractivity contribution in [3.8, 4) is 0 Å². The van der Waals surface area contributed by atoms with E-state index < -0.39 is 0 Å². The minimum Gasteiger partial charge on any atom is -0.312 e. The molecule has 4 nitrogen and oxygen atoms in total. The van der Waals surface area contributed by atoms with Crippen molar-refractivity contribution in [3.63, 3.8) is 0 Å². The molecule has 1 unspecified atom stereocenters. The van der Waals surface area contributed by atoms with E-state index in [0.29, 0.717) is 12.1 Å². The lowest BCUT2D eigenvalue weighted by molar-refractivity contribution is 0.492. The van der Waals surface area contributed by atoms with E-state index in [4.69, 9.17) is 0 Å². The molecule has 1 aliphatic heterocycles. The van der Waals surface area contributed by atoms with E-state index >= 15 is 0 Å². The Morgan fingerprint density at radius 1 is 1.33 bits per heavy atom. The molecule has 1 saturated heterocycles. The molecule has 1 atom stereocenters. The Hall–Kier alpha value is -1.03. The van der Waals surface area contributed by atoms with Crippen molar-refractivity contribution in [2.45, 2.75) is 44.3 Å². The van der Waals surface area contributed by atoms with Gasteiger partial charge < -0.3 is 5.32 Å². The van der Waals surface area contributed by atoms with Gasteiger partial charge in [0.2, 0.25) is 0 Å². The highest BCUT2D eigenvalue weighted by Crippen LogP contribution is 2.33. The molecular weight excluding hydrogens is 190 g/mol. The van der Waals surface area contributed by atoms with Crippen molar-refractivity contribution in [2.24, 2.45) is 0 Å². The second-order valence-electron chi connectivity index (χ2n) is 4.66. The summed E-state index contributed by atoms with van der Waals surface area (Å²) in [7, 11) is 0. The summed E-state index contributed by atoms with van der Waals surface area (Å²) in [6.07, 6.45) is 8.65. The molecule has 2 aliphatic rings. The fraction of sp³-hybridized carbons (Fsp3) is 0.727. The Morgan fingerprint density at radius 2 is 2.20 bits per heavy atom. The first-order valence-corrected chi connectivity index (χ1v) is 5.85. The molecule has 1 saturated carbocycles. The maximum Gasteiger partial charge on any atom is 0.328 e. The summed E-state index contributed by atoms with van der Waals surface area (Å²) in [6.45, 7) is 1.93. The number of nitrogens with zero attached hydrogens (tertiary/aromatic N) is 2. The summed E-state index contributed by atoms with van der Waals surface area (Å²) in [5.74, 6) is 0. The Bertz CT molecular complexity index is 396. The smallest absolute Gasteiger partial charge is 0.312 e. The van der Waals surface area contributed by atoms with Crippen LogP contribution < -0.4 is 11.0 Å². The van der Waals surface area contributed by atoms with Crippen molar-refractivity contribution in [1.29, 1.82) is 0 Å². The first kappa shape index (κ1) is 9.21. The third-order valence-electron chi connectivity index (χ3n) is 3.39. The molecule has 0 amide bonds. The number of hydrogen-bond donors (Lipinski definition) is 1. The van der Waals surface area contributed by atoms with Crippen molar-refractivity contribution in [3.05, 3.63) is 22.9 Å². The van der Waals surface area contributed by atoms with Gasteiger partial charge in [-0.15, -0.1) is 0 Å². The molecule has 1 aromatic rings. The average Bonchev–Trinajstić information content (AvgIpc) is 2.83. The van der Waals surface area contributed by atoms with Crippen LogP contribution in [-0.2, 0) is 6.54 Å². The number of aromatic nitrogens is 2. The van der Waals surface area contributed by atoms with E-state index in [2.05, 4.69) is 5.32 Å². The zero-order chi connectivity index (χ0) is 10.3. The Balaban J connectivity index is 1.76. The van der Waals surface area contributed by atoms with E-state index in [1.807, 2.05) is 21.5 Å². The van der Waals surface area contributed by atoms with Gasteiger partial charge in [-0.25, -0.2) is 4.79 Å². The van der Waals surface area contributed by atoms with Crippen LogP contribution in [0, 0.1) is 0 Å². The highest BCUT2D eigenvalue weighted by molar-refractivity contribution is 4.92. The maximum atomic E-state index is 11.9. The van der Waals surface area contributed by atoms with E-state index in [9.17, 15) is 4.79 Å². The second-order valence-corrected chi connectivity index (χ2v) is 4.66. The van der Waals surface area contributed by atoms with Gasteiger partial charge in [-0.1, -0.05) is 0 Å². The monoisotopic (exact) mass is 207 g/mol. The van der Waals surface area contributed by atoms with Crippen molar-refractivity contribution >= 4 is 0 Å². The van der Waals surface area contributed by atoms with Gasteiger partial charge in [-0.05, 0) is 32.2 Å². The Morgan fingerprint density at radius 3 is 2.87 bits per heavy atom. The lowest BCUT2D eigenvalue weighted by atomic mass is 10.2. The molecule has 4 heteroatoms. The fourth-order valence-corrected chi connectivity index (χ4v) is 2.35. The van der Waals surface area contributed by atoms with E-state index in [0.717, 1.165) is 13.1 Å². The third kappa shape index (κ3) is 1.74. The quantitative estimate of drug-likeness (QED) is 0.794. The minimum atomic E-state index is 0.172. The molecule has 1 aliphatic carbocycles. The molecule has 2 heterocycles. The van der Waals surface area contributed by atoms with Gasteiger partial charge in [0.05, 0.1) is 0 Å². The standard InChI is InChI=1S/C11H17N3O/c15-11-13(8-9-2-1-5-12-9)6-7-14(11)10-3-4-10/h6-7,9-10,12H,1-5,8H2. The van der Waals surface area contributed by atoms with Crippen LogP contribution in [0.25, 0.3) is 0 Å². The van der Waals surface area contributed by atoms with Gasteiger partial charge >= 0.3 is 5.69 Å². The van der Waals surface area contributed by atoms with Crippen LogP contribution in [0.4, 0.5) is 0 Å². The van der Waals surface area contributed by atoms with Crippen LogP contribution in [-0.4, -0.2) is 21.7 Å². The lowest BCUT2D eigenvalue weighted by Gasteiger charge is -2.09. The van der Waals surface area contributed by atoms with E-state index in [1.165, 1.54) is 25.7 Å². The largest absolute Gasteiger partial charge is 0.328 e. The van der Waals surface area contributed by atoms with Crippen LogP contribution in [0.2, 0.25) is 0 Å². The van der Waals surface area contributed by atoms with Crippen LogP contribution >= 0.6 is 0 Å². The van der Waals surface area contributed by atoms with Gasteiger partial charge in [-0.3, -0.25) is 9.13 Å². The second kappa shape index (κ2) is 3.52. The first-order chi connectivity index (χ1) is 7.34. The Labute approximate surface area is 88.9 Å². The normalized spacial score (nSPS) is 26.0. The number of imidazole rings is 1. The van der Waals surface area contributed by atoms with E-state index in [-0.39, 0.29) is 5.69 Å². The molecule has 0 bridgehead atoms. The van der Waals surface area contributed by atoms with Crippen LogP contribution in [0.3, 0.4) is 0 Å². The highest BCUT2D eigenvalue weighted by Gasteiger charge is 2.26. The molecular formula is C11H17N3O. The van der Waals surface area contributed by atoms with E-state index in [1.54, 1.807) is 0 Å². The summed E-state index contributed by atoms with van der Waals surface area (Å²) in [5, 5.41) is 3.42. The summed E-state index contributed by atoms with van der Waals surface area (Å²) in [4.78, 5) is 11.9. The maximum absolute atomic E-state index is 11.9. The summed E-state index contributed by atoms with van der Waals surface area (Å²) < 4.78 is 3.73. The third-order valence-corrected chi connectivity index (χ3v) is 3.39. The fourth-order valence-electron chi connectivity index (χ4n) is 2.35. The van der Waals surface area contributed by atoms with Crippen molar-refractivity contribution in [1.82, 2.24) is 14.5 Å². The predicted octanol–water partition coefficient (Wildman–Crippen LogP) is 0.737. The molecule has 1 N–H and O–H groups in total. The topological polar surface area (TPSA) is 39.0 Å². The predicted molar refractivity (Wildman–Crippen MR) is 58.0 cm³/mol. The number of rotatable bonds is 3. The number of nitrogens with one attached hydrogen (secondary N) is 1. The van der Waals surface area contributed by atoms with Crippen molar-refractivity contribution < 1.29 is 0 Å². The summed E-state index contributed by atoms with van der Waals surface area (Å²) in [6, 6.07) is 0.994. The minimum absolute atomic E-state index is 0.172. The molecule has 0 spiro atoms. The average molecular weight is 207 g/mol. The Kier molecular flexibility index (Phi) is 2.16. The van der Waals surface area contributed by atoms with Gasteiger partial charge in [0.15, 0.2) is 0 Å². The van der Waals surface area contributed by atoms with Gasteiger partial charge in [0.25, 0.3) is 0 Å². The van der Waals surface area contributed by atoms with Gasteiger partial charge in [0, 0.05) is 31.0 Å². The zero-order valence-corrected chi connectivity index (χ0v) is 8.85. The summed E-state index contributed by atoms with van der Waals surface area (Å²) >= 11 is 0.